The molecule has 6 nitrogen and oxygen atoms in total. The highest BCUT2D eigenvalue weighted by Crippen LogP contribution is 2.26. The Hall–Kier alpha value is -1.89. The number of amides is 2. The number of nitrogens with one attached hydrogen (secondary N) is 1. The Morgan fingerprint density at radius 1 is 1.15 bits per heavy atom. The number of aryl methyl sites for hydroxylation is 1. The molecule has 0 saturated carbocycles. The molecule has 0 aromatic heterocycles. The second-order valence-electron chi connectivity index (χ2n) is 8.28. The number of carbonyl (C=O) groups excluding carboxylic acids is 2. The van der Waals surface area contributed by atoms with Crippen molar-refractivity contribution in [2.75, 3.05) is 29.9 Å². The molecule has 2 aliphatic rings. The number of rotatable bonds is 3. The predicted molar refractivity (Wildman–Crippen MR) is 105 cm³/mol. The molecule has 2 aliphatic heterocycles. The molecule has 0 spiro atoms. The van der Waals surface area contributed by atoms with Gasteiger partial charge in [-0.2, -0.15) is 0 Å². The molecule has 1 N–H and O–H groups in total. The summed E-state index contributed by atoms with van der Waals surface area (Å²) in [6.07, 6.45) is 1.48. The quantitative estimate of drug-likeness (QED) is 0.857. The Morgan fingerprint density at radius 2 is 1.81 bits per heavy atom. The summed E-state index contributed by atoms with van der Waals surface area (Å²) in [4.78, 5) is 27.3. The molecule has 3 atom stereocenters. The van der Waals surface area contributed by atoms with Crippen LogP contribution in [0.25, 0.3) is 0 Å². The van der Waals surface area contributed by atoms with Crippen LogP contribution in [-0.4, -0.2) is 49.7 Å². The molecule has 3 rings (SSSR count). The second-order valence-corrected chi connectivity index (χ2v) is 10.5. The summed E-state index contributed by atoms with van der Waals surface area (Å²) in [6.45, 7) is 7.68. The van der Waals surface area contributed by atoms with Crippen molar-refractivity contribution < 1.29 is 18.0 Å². The molecule has 0 aliphatic carbocycles. The molecule has 27 heavy (non-hydrogen) atoms. The zero-order chi connectivity index (χ0) is 19.8. The fraction of sp³-hybridized carbons (Fsp3) is 0.600. The number of likely N-dealkylation sites (tertiary alicyclic amines) is 1. The lowest BCUT2D eigenvalue weighted by Gasteiger charge is -2.35. The minimum absolute atomic E-state index is 0.0210. The molecule has 148 valence electrons. The number of nitrogens with zero attached hydrogens (tertiary/aromatic N) is 1. The normalized spacial score (nSPS) is 27.4. The van der Waals surface area contributed by atoms with Crippen LogP contribution in [0.1, 0.15) is 42.6 Å². The molecule has 2 fully saturated rings. The molecule has 2 saturated heterocycles. The van der Waals surface area contributed by atoms with Crippen LogP contribution < -0.4 is 5.32 Å². The number of sulfone groups is 1. The number of anilines is 1. The van der Waals surface area contributed by atoms with Crippen LogP contribution in [0.2, 0.25) is 0 Å². The van der Waals surface area contributed by atoms with Gasteiger partial charge in [0, 0.05) is 24.3 Å². The summed E-state index contributed by atoms with van der Waals surface area (Å²) < 4.78 is 23.2. The maximum Gasteiger partial charge on any atom is 0.253 e. The SMILES string of the molecule is Cc1ccc(C(=O)N2C[C@H](C)C[C@H](C)C2)cc1NC(=O)[C@H]1CCS(=O)(=O)C1. The van der Waals surface area contributed by atoms with Crippen molar-refractivity contribution >= 4 is 27.3 Å². The van der Waals surface area contributed by atoms with Crippen molar-refractivity contribution in [1.29, 1.82) is 0 Å². The van der Waals surface area contributed by atoms with Gasteiger partial charge in [-0.25, -0.2) is 8.42 Å². The van der Waals surface area contributed by atoms with Gasteiger partial charge in [0.15, 0.2) is 9.84 Å². The van der Waals surface area contributed by atoms with Gasteiger partial charge in [0.2, 0.25) is 5.91 Å². The standard InChI is InChI=1S/C20H28N2O4S/c1-13-8-14(2)11-22(10-13)20(24)16-5-4-15(3)18(9-16)21-19(23)17-6-7-27(25,26)12-17/h4-5,9,13-14,17H,6-8,10-12H2,1-3H3,(H,21,23)/t13-,14+,17-/m0/s1. The van der Waals surface area contributed by atoms with Crippen LogP contribution in [0.5, 0.6) is 0 Å². The van der Waals surface area contributed by atoms with Crippen molar-refractivity contribution in [2.45, 2.75) is 33.6 Å². The third-order valence-electron chi connectivity index (χ3n) is 5.50. The molecule has 1 aromatic rings. The third kappa shape index (κ3) is 4.69. The molecule has 1 aromatic carbocycles. The van der Waals surface area contributed by atoms with E-state index in [9.17, 15) is 18.0 Å². The lowest BCUT2D eigenvalue weighted by Crippen LogP contribution is -2.42. The Kier molecular flexibility index (Phi) is 5.60. The van der Waals surface area contributed by atoms with Crippen molar-refractivity contribution in [2.24, 2.45) is 17.8 Å². The van der Waals surface area contributed by atoms with E-state index in [0.29, 0.717) is 29.5 Å². The fourth-order valence-corrected chi connectivity index (χ4v) is 5.88. The van der Waals surface area contributed by atoms with E-state index in [0.717, 1.165) is 25.1 Å². The van der Waals surface area contributed by atoms with Crippen LogP contribution in [0, 0.1) is 24.7 Å². The first-order valence-electron chi connectivity index (χ1n) is 9.56. The molecule has 0 bridgehead atoms. The average Bonchev–Trinajstić information content (AvgIpc) is 2.95. The Labute approximate surface area is 161 Å². The van der Waals surface area contributed by atoms with E-state index in [2.05, 4.69) is 19.2 Å². The highest BCUT2D eigenvalue weighted by atomic mass is 32.2. The van der Waals surface area contributed by atoms with Crippen LogP contribution in [0.3, 0.4) is 0 Å². The van der Waals surface area contributed by atoms with Crippen molar-refractivity contribution in [3.63, 3.8) is 0 Å². The maximum absolute atomic E-state index is 12.9. The first-order chi connectivity index (χ1) is 12.6. The first-order valence-corrected chi connectivity index (χ1v) is 11.4. The van der Waals surface area contributed by atoms with Gasteiger partial charge in [0.25, 0.3) is 5.91 Å². The van der Waals surface area contributed by atoms with Crippen molar-refractivity contribution in [3.8, 4) is 0 Å². The summed E-state index contributed by atoms with van der Waals surface area (Å²) in [6, 6.07) is 5.32. The molecule has 7 heteroatoms. The van der Waals surface area contributed by atoms with Gasteiger partial charge in [-0.05, 0) is 49.3 Å². The fourth-order valence-electron chi connectivity index (χ4n) is 4.14. The van der Waals surface area contributed by atoms with Gasteiger partial charge in [0.05, 0.1) is 17.4 Å². The number of carbonyl (C=O) groups is 2. The average molecular weight is 393 g/mol. The maximum atomic E-state index is 12.9. The second kappa shape index (κ2) is 7.62. The van der Waals surface area contributed by atoms with Gasteiger partial charge in [-0.15, -0.1) is 0 Å². The third-order valence-corrected chi connectivity index (χ3v) is 7.27. The van der Waals surface area contributed by atoms with Gasteiger partial charge in [-0.1, -0.05) is 19.9 Å². The van der Waals surface area contributed by atoms with Gasteiger partial charge in [0.1, 0.15) is 0 Å². The van der Waals surface area contributed by atoms with E-state index in [1.165, 1.54) is 0 Å². The first kappa shape index (κ1) is 19.9. The minimum atomic E-state index is -3.11. The topological polar surface area (TPSA) is 83.6 Å². The van der Waals surface area contributed by atoms with E-state index in [1.807, 2.05) is 17.9 Å². The van der Waals surface area contributed by atoms with E-state index >= 15 is 0 Å². The number of hydrogen-bond acceptors (Lipinski definition) is 4. The molecule has 2 heterocycles. The summed E-state index contributed by atoms with van der Waals surface area (Å²) in [5.41, 5.74) is 1.98. The van der Waals surface area contributed by atoms with Crippen LogP contribution in [0.4, 0.5) is 5.69 Å². The van der Waals surface area contributed by atoms with Gasteiger partial charge >= 0.3 is 0 Å². The molecular weight excluding hydrogens is 364 g/mol. The van der Waals surface area contributed by atoms with E-state index in [-0.39, 0.29) is 23.3 Å². The Bertz CT molecular complexity index is 840. The molecule has 0 unspecified atom stereocenters. The van der Waals surface area contributed by atoms with Gasteiger partial charge < -0.3 is 10.2 Å². The van der Waals surface area contributed by atoms with Crippen molar-refractivity contribution in [1.82, 2.24) is 4.90 Å². The Morgan fingerprint density at radius 3 is 2.41 bits per heavy atom. The zero-order valence-corrected chi connectivity index (χ0v) is 17.0. The smallest absolute Gasteiger partial charge is 0.253 e. The number of piperidine rings is 1. The summed E-state index contributed by atoms with van der Waals surface area (Å²) in [5.74, 6) is 0.0979. The van der Waals surface area contributed by atoms with Crippen molar-refractivity contribution in [3.05, 3.63) is 29.3 Å². The molecular formula is C20H28N2O4S. The van der Waals surface area contributed by atoms with Crippen LogP contribution in [-0.2, 0) is 14.6 Å². The van der Waals surface area contributed by atoms with Crippen LogP contribution in [0.15, 0.2) is 18.2 Å². The zero-order valence-electron chi connectivity index (χ0n) is 16.2. The van der Waals surface area contributed by atoms with Gasteiger partial charge in [-0.3, -0.25) is 9.59 Å². The lowest BCUT2D eigenvalue weighted by atomic mass is 9.91. The van der Waals surface area contributed by atoms with E-state index in [4.69, 9.17) is 0 Å². The largest absolute Gasteiger partial charge is 0.338 e. The number of benzene rings is 1. The monoisotopic (exact) mass is 392 g/mol. The lowest BCUT2D eigenvalue weighted by molar-refractivity contribution is -0.119. The summed E-state index contributed by atoms with van der Waals surface area (Å²) in [5, 5.41) is 2.83. The van der Waals surface area contributed by atoms with E-state index in [1.54, 1.807) is 12.1 Å². The molecule has 0 radical (unpaired) electrons. The Balaban J connectivity index is 1.74. The highest BCUT2D eigenvalue weighted by Gasteiger charge is 2.33. The summed E-state index contributed by atoms with van der Waals surface area (Å²) >= 11 is 0. The summed E-state index contributed by atoms with van der Waals surface area (Å²) in [7, 11) is -3.11. The molecule has 2 amide bonds. The van der Waals surface area contributed by atoms with Crippen LogP contribution >= 0.6 is 0 Å². The predicted octanol–water partition coefficient (Wildman–Crippen LogP) is 2.49. The van der Waals surface area contributed by atoms with E-state index < -0.39 is 15.8 Å². The number of hydrogen-bond donors (Lipinski definition) is 1. The highest BCUT2D eigenvalue weighted by molar-refractivity contribution is 7.91. The minimum Gasteiger partial charge on any atom is -0.338 e.